The van der Waals surface area contributed by atoms with E-state index in [0.717, 1.165) is 0 Å². The van der Waals surface area contributed by atoms with Crippen LogP contribution >= 0.6 is 0 Å². The number of rotatable bonds is 10. The zero-order valence-electron chi connectivity index (χ0n) is 17.8. The van der Waals surface area contributed by atoms with E-state index in [0.29, 0.717) is 34.7 Å². The highest BCUT2D eigenvalue weighted by Gasteiger charge is 2.27. The first kappa shape index (κ1) is 23.9. The second-order valence-electron chi connectivity index (χ2n) is 7.92. The topological polar surface area (TPSA) is 107 Å². The molecule has 1 aromatic heterocycles. The molecule has 0 bridgehead atoms. The summed E-state index contributed by atoms with van der Waals surface area (Å²) in [5.74, 6) is 0.0238. The van der Waals surface area contributed by atoms with Crippen LogP contribution in [0, 0.1) is 5.82 Å². The van der Waals surface area contributed by atoms with Crippen molar-refractivity contribution in [2.24, 2.45) is 0 Å². The zero-order chi connectivity index (χ0) is 22.4. The second-order valence-corrected chi connectivity index (χ2v) is 7.92. The van der Waals surface area contributed by atoms with Crippen LogP contribution in [0.1, 0.15) is 56.4 Å². The van der Waals surface area contributed by atoms with Gasteiger partial charge in [-0.25, -0.2) is 14.4 Å². The summed E-state index contributed by atoms with van der Waals surface area (Å²) in [5.41, 5.74) is 2.17. The quantitative estimate of drug-likeness (QED) is 0.508. The number of hydrogen-bond acceptors (Lipinski definition) is 7. The molecule has 2 aromatic rings. The Kier molecular flexibility index (Phi) is 8.40. The van der Waals surface area contributed by atoms with Crippen LogP contribution < -0.4 is 4.90 Å². The van der Waals surface area contributed by atoms with Crippen LogP contribution in [0.5, 0.6) is 0 Å². The van der Waals surface area contributed by atoms with E-state index in [1.165, 1.54) is 12.1 Å². The molecule has 8 heteroatoms. The number of aliphatic hydroxyl groups excluding tert-OH is 3. The fraction of sp³-hybridized carbons (Fsp3) is 0.500. The highest BCUT2D eigenvalue weighted by Crippen LogP contribution is 2.36. The van der Waals surface area contributed by atoms with Gasteiger partial charge in [-0.2, -0.15) is 0 Å². The highest BCUT2D eigenvalue weighted by molar-refractivity contribution is 5.66. The Morgan fingerprint density at radius 2 is 1.67 bits per heavy atom. The normalized spacial score (nSPS) is 14.4. The molecule has 1 unspecified atom stereocenters. The number of aliphatic hydroxyl groups is 3. The van der Waals surface area contributed by atoms with E-state index in [-0.39, 0.29) is 31.0 Å². The monoisotopic (exact) mass is 419 g/mol. The number of aldehydes is 1. The van der Waals surface area contributed by atoms with Gasteiger partial charge in [-0.15, -0.1) is 0 Å². The van der Waals surface area contributed by atoms with Gasteiger partial charge in [-0.3, -0.25) is 0 Å². The number of carbonyl (C=O) groups is 1. The molecule has 0 aliphatic rings. The first-order chi connectivity index (χ1) is 14.1. The van der Waals surface area contributed by atoms with Crippen molar-refractivity contribution in [3.63, 3.8) is 0 Å². The van der Waals surface area contributed by atoms with Crippen molar-refractivity contribution in [3.05, 3.63) is 41.3 Å². The molecule has 0 aliphatic heterocycles. The Bertz CT molecular complexity index is 843. The van der Waals surface area contributed by atoms with Crippen molar-refractivity contribution in [2.75, 3.05) is 19.0 Å². The summed E-state index contributed by atoms with van der Waals surface area (Å²) in [4.78, 5) is 21.5. The van der Waals surface area contributed by atoms with Gasteiger partial charge in [0.1, 0.15) is 12.1 Å². The van der Waals surface area contributed by atoms with Crippen LogP contribution in [0.25, 0.3) is 11.3 Å². The lowest BCUT2D eigenvalue weighted by atomic mass is 9.91. The Morgan fingerprint density at radius 1 is 1.03 bits per heavy atom. The molecule has 0 fully saturated rings. The molecule has 3 N–H and O–H groups in total. The van der Waals surface area contributed by atoms with Crippen molar-refractivity contribution < 1.29 is 24.5 Å². The third-order valence-corrected chi connectivity index (χ3v) is 4.77. The summed E-state index contributed by atoms with van der Waals surface area (Å²) in [6.07, 6.45) is -2.69. The van der Waals surface area contributed by atoms with Crippen LogP contribution in [0.2, 0.25) is 0 Å². The lowest BCUT2D eigenvalue weighted by Gasteiger charge is -2.25. The predicted octanol–water partition coefficient (Wildman–Crippen LogP) is 2.60. The van der Waals surface area contributed by atoms with Crippen molar-refractivity contribution >= 4 is 12.2 Å². The third kappa shape index (κ3) is 6.04. The molecule has 0 saturated carbocycles. The molecule has 164 valence electrons. The van der Waals surface area contributed by atoms with Gasteiger partial charge in [0.15, 0.2) is 0 Å². The van der Waals surface area contributed by atoms with Gasteiger partial charge in [0.05, 0.1) is 29.7 Å². The van der Waals surface area contributed by atoms with Gasteiger partial charge in [-0.05, 0) is 36.6 Å². The highest BCUT2D eigenvalue weighted by atomic mass is 19.1. The van der Waals surface area contributed by atoms with Crippen molar-refractivity contribution in [1.29, 1.82) is 0 Å². The number of nitrogens with zero attached hydrogens (tertiary/aromatic N) is 3. The molecular formula is C22H30FN3O4. The Balaban J connectivity index is 2.51. The van der Waals surface area contributed by atoms with E-state index < -0.39 is 18.3 Å². The van der Waals surface area contributed by atoms with Crippen molar-refractivity contribution in [2.45, 2.75) is 57.3 Å². The summed E-state index contributed by atoms with van der Waals surface area (Å²) >= 11 is 0. The minimum Gasteiger partial charge on any atom is -0.393 e. The van der Waals surface area contributed by atoms with E-state index in [2.05, 4.69) is 9.97 Å². The van der Waals surface area contributed by atoms with Gasteiger partial charge in [0, 0.05) is 38.1 Å². The fourth-order valence-electron chi connectivity index (χ4n) is 3.26. The van der Waals surface area contributed by atoms with Gasteiger partial charge < -0.3 is 25.0 Å². The molecular weight excluding hydrogens is 389 g/mol. The van der Waals surface area contributed by atoms with E-state index in [9.17, 15) is 24.5 Å². The summed E-state index contributed by atoms with van der Waals surface area (Å²) in [5, 5.41) is 31.1. The van der Waals surface area contributed by atoms with E-state index >= 15 is 0 Å². The van der Waals surface area contributed by atoms with Gasteiger partial charge >= 0.3 is 0 Å². The van der Waals surface area contributed by atoms with Crippen LogP contribution in [0.4, 0.5) is 10.3 Å². The Labute approximate surface area is 176 Å². The van der Waals surface area contributed by atoms with E-state index in [4.69, 9.17) is 0 Å². The number of anilines is 1. The molecule has 0 spiro atoms. The summed E-state index contributed by atoms with van der Waals surface area (Å²) in [7, 11) is 3.62. The maximum Gasteiger partial charge on any atom is 0.225 e. The lowest BCUT2D eigenvalue weighted by molar-refractivity contribution is -0.109. The largest absolute Gasteiger partial charge is 0.393 e. The average Bonchev–Trinajstić information content (AvgIpc) is 2.67. The van der Waals surface area contributed by atoms with Gasteiger partial charge in [0.25, 0.3) is 0 Å². The first-order valence-corrected chi connectivity index (χ1v) is 9.96. The molecule has 0 amide bonds. The molecule has 30 heavy (non-hydrogen) atoms. The number of carbonyl (C=O) groups excluding carboxylic acids is 1. The van der Waals surface area contributed by atoms with Crippen LogP contribution in [-0.2, 0) is 4.79 Å². The molecule has 2 rings (SSSR count). The average molecular weight is 419 g/mol. The molecule has 1 heterocycles. The molecule has 1 aromatic carbocycles. The van der Waals surface area contributed by atoms with Gasteiger partial charge in [0.2, 0.25) is 5.95 Å². The summed E-state index contributed by atoms with van der Waals surface area (Å²) in [6.45, 7) is 3.88. The number of halogens is 1. The Morgan fingerprint density at radius 3 is 2.20 bits per heavy atom. The molecule has 0 saturated heterocycles. The number of benzene rings is 1. The van der Waals surface area contributed by atoms with Crippen molar-refractivity contribution in [1.82, 2.24) is 9.97 Å². The summed E-state index contributed by atoms with van der Waals surface area (Å²) < 4.78 is 13.5. The van der Waals surface area contributed by atoms with E-state index in [1.807, 2.05) is 27.9 Å². The first-order valence-electron chi connectivity index (χ1n) is 9.96. The van der Waals surface area contributed by atoms with E-state index in [1.54, 1.807) is 17.0 Å². The minimum absolute atomic E-state index is 0.0324. The van der Waals surface area contributed by atoms with Crippen molar-refractivity contribution in [3.8, 4) is 11.3 Å². The maximum absolute atomic E-state index is 13.5. The third-order valence-electron chi connectivity index (χ3n) is 4.77. The molecule has 3 atom stereocenters. The number of aromatic nitrogens is 2. The maximum atomic E-state index is 13.5. The fourth-order valence-corrected chi connectivity index (χ4v) is 3.26. The SMILES string of the molecule is CC(C)c1nc(N(C)C)nc(-c2ccc(F)cc2)c1C(O)C[C@@H](O)C[C@@H](O)CC=O. The minimum atomic E-state index is -1.11. The van der Waals surface area contributed by atoms with Crippen LogP contribution in [0.15, 0.2) is 24.3 Å². The standard InChI is InChI=1S/C22H30FN3O4/c1-13(2)20-19(18(30)12-17(29)11-16(28)9-10-27)21(25-22(24-20)26(3)4)14-5-7-15(23)8-6-14/h5-8,10,13,16-18,28-30H,9,11-12H2,1-4H3/t16-,17-,18?/m0/s1. The zero-order valence-corrected chi connectivity index (χ0v) is 17.8. The Hall–Kier alpha value is -2.42. The predicted molar refractivity (Wildman–Crippen MR) is 113 cm³/mol. The van der Waals surface area contributed by atoms with Gasteiger partial charge in [-0.1, -0.05) is 13.8 Å². The summed E-state index contributed by atoms with van der Waals surface area (Å²) in [6, 6.07) is 5.81. The van der Waals surface area contributed by atoms with Crippen LogP contribution in [-0.4, -0.2) is 57.9 Å². The van der Waals surface area contributed by atoms with Crippen LogP contribution in [0.3, 0.4) is 0 Å². The smallest absolute Gasteiger partial charge is 0.225 e. The molecule has 7 nitrogen and oxygen atoms in total. The molecule has 0 aliphatic carbocycles. The molecule has 0 radical (unpaired) electrons. The second kappa shape index (κ2) is 10.6. The number of hydrogen-bond donors (Lipinski definition) is 3. The lowest BCUT2D eigenvalue weighted by Crippen LogP contribution is -2.22.